The van der Waals surface area contributed by atoms with Crippen molar-refractivity contribution in [2.75, 3.05) is 20.0 Å². The van der Waals surface area contributed by atoms with Crippen LogP contribution in [0.1, 0.15) is 12.8 Å². The van der Waals surface area contributed by atoms with E-state index in [2.05, 4.69) is 25.3 Å². The molecule has 0 aromatic heterocycles. The molecule has 0 radical (unpaired) electrons. The molecule has 1 atom stereocenters. The molecule has 68 valence electrons. The van der Waals surface area contributed by atoms with Gasteiger partial charge in [-0.1, -0.05) is 0 Å². The van der Waals surface area contributed by atoms with E-state index in [4.69, 9.17) is 9.47 Å². The van der Waals surface area contributed by atoms with E-state index in [1.165, 1.54) is 0 Å². The van der Waals surface area contributed by atoms with Crippen LogP contribution >= 0.6 is 25.3 Å². The van der Waals surface area contributed by atoms with Gasteiger partial charge in [-0.05, 0) is 12.8 Å². The van der Waals surface area contributed by atoms with Gasteiger partial charge in [0, 0.05) is 25.2 Å². The van der Waals surface area contributed by atoms with Gasteiger partial charge in [0.15, 0.2) is 6.29 Å². The Hall–Kier alpha value is 0.620. The molecular weight excluding hydrogens is 180 g/mol. The van der Waals surface area contributed by atoms with Gasteiger partial charge in [-0.25, -0.2) is 0 Å². The summed E-state index contributed by atoms with van der Waals surface area (Å²) in [6.45, 7) is 0. The lowest BCUT2D eigenvalue weighted by Gasteiger charge is -2.14. The third-order valence-electron chi connectivity index (χ3n) is 1.47. The van der Waals surface area contributed by atoms with Crippen LogP contribution in [0.15, 0.2) is 0 Å². The monoisotopic (exact) mass is 196 g/mol. The molecule has 0 N–H and O–H groups in total. The number of ether oxygens (including phenoxy) is 2. The maximum Gasteiger partial charge on any atom is 0.156 e. The summed E-state index contributed by atoms with van der Waals surface area (Å²) in [7, 11) is 3.28. The number of hydrogen-bond donors (Lipinski definition) is 2. The van der Waals surface area contributed by atoms with Crippen LogP contribution in [0.25, 0.3) is 0 Å². The van der Waals surface area contributed by atoms with E-state index in [1.54, 1.807) is 14.2 Å². The van der Waals surface area contributed by atoms with Crippen molar-refractivity contribution in [3.8, 4) is 0 Å². The fraction of sp³-hybridized carbons (Fsp3) is 1.00. The van der Waals surface area contributed by atoms with Crippen LogP contribution in [0.5, 0.6) is 0 Å². The largest absolute Gasteiger partial charge is 0.356 e. The lowest BCUT2D eigenvalue weighted by atomic mass is 10.2. The van der Waals surface area contributed by atoms with Crippen molar-refractivity contribution in [2.45, 2.75) is 24.4 Å². The average molecular weight is 196 g/mol. The first kappa shape index (κ1) is 11.6. The Morgan fingerprint density at radius 1 is 1.18 bits per heavy atom. The summed E-state index contributed by atoms with van der Waals surface area (Å²) in [5.74, 6) is 0.795. The van der Waals surface area contributed by atoms with Crippen LogP contribution in [0.4, 0.5) is 0 Å². The van der Waals surface area contributed by atoms with Gasteiger partial charge in [-0.15, -0.1) is 0 Å². The predicted molar refractivity (Wildman–Crippen MR) is 53.7 cm³/mol. The van der Waals surface area contributed by atoms with Gasteiger partial charge < -0.3 is 9.47 Å². The van der Waals surface area contributed by atoms with Crippen molar-refractivity contribution in [2.24, 2.45) is 0 Å². The first-order valence-corrected chi connectivity index (χ1v) is 4.74. The minimum Gasteiger partial charge on any atom is -0.356 e. The molecule has 0 saturated carbocycles. The molecule has 0 spiro atoms. The summed E-state index contributed by atoms with van der Waals surface area (Å²) in [6.07, 6.45) is 1.75. The molecule has 0 aliphatic heterocycles. The summed E-state index contributed by atoms with van der Waals surface area (Å²) in [6, 6.07) is 0. The maximum absolute atomic E-state index is 5.01. The van der Waals surface area contributed by atoms with Crippen LogP contribution in [0.3, 0.4) is 0 Å². The summed E-state index contributed by atoms with van der Waals surface area (Å²) >= 11 is 8.41. The second-order valence-electron chi connectivity index (χ2n) is 2.31. The van der Waals surface area contributed by atoms with Gasteiger partial charge in [-0.2, -0.15) is 25.3 Å². The van der Waals surface area contributed by atoms with Gasteiger partial charge in [-0.3, -0.25) is 0 Å². The van der Waals surface area contributed by atoms with Crippen molar-refractivity contribution in [1.29, 1.82) is 0 Å². The molecule has 0 rings (SSSR count). The quantitative estimate of drug-likeness (QED) is 0.497. The van der Waals surface area contributed by atoms with E-state index < -0.39 is 0 Å². The van der Waals surface area contributed by atoms with Crippen molar-refractivity contribution in [3.05, 3.63) is 0 Å². The maximum atomic E-state index is 5.01. The molecule has 0 amide bonds. The smallest absolute Gasteiger partial charge is 0.156 e. The number of hydrogen-bond acceptors (Lipinski definition) is 4. The second kappa shape index (κ2) is 7.28. The van der Waals surface area contributed by atoms with Crippen LogP contribution in [-0.4, -0.2) is 31.5 Å². The average Bonchev–Trinajstić information content (AvgIpc) is 2.06. The summed E-state index contributed by atoms with van der Waals surface area (Å²) in [5, 5.41) is 0.339. The molecule has 0 aromatic rings. The zero-order chi connectivity index (χ0) is 8.69. The Morgan fingerprint density at radius 2 is 1.73 bits per heavy atom. The predicted octanol–water partition coefficient (Wildman–Crippen LogP) is 1.61. The zero-order valence-electron chi connectivity index (χ0n) is 6.99. The lowest BCUT2D eigenvalue weighted by molar-refractivity contribution is -0.106. The molecule has 0 saturated heterocycles. The van der Waals surface area contributed by atoms with Gasteiger partial charge in [0.2, 0.25) is 0 Å². The highest BCUT2D eigenvalue weighted by Crippen LogP contribution is 2.10. The van der Waals surface area contributed by atoms with Gasteiger partial charge in [0.25, 0.3) is 0 Å². The SMILES string of the molecule is COC(CCC(S)CS)OC. The standard InChI is InChI=1S/C7H16O2S2/c1-8-7(9-2)4-3-6(11)5-10/h6-7,10-11H,3-5H2,1-2H3. The lowest BCUT2D eigenvalue weighted by Crippen LogP contribution is -2.15. The van der Waals surface area contributed by atoms with E-state index in [9.17, 15) is 0 Å². The van der Waals surface area contributed by atoms with Crippen LogP contribution < -0.4 is 0 Å². The summed E-state index contributed by atoms with van der Waals surface area (Å²) in [5.41, 5.74) is 0. The molecule has 0 aromatic carbocycles. The van der Waals surface area contributed by atoms with Crippen molar-refractivity contribution in [1.82, 2.24) is 0 Å². The van der Waals surface area contributed by atoms with Crippen molar-refractivity contribution >= 4 is 25.3 Å². The third-order valence-corrected chi connectivity index (χ3v) is 2.64. The summed E-state index contributed by atoms with van der Waals surface area (Å²) in [4.78, 5) is 0. The Morgan fingerprint density at radius 3 is 2.09 bits per heavy atom. The zero-order valence-corrected chi connectivity index (χ0v) is 8.78. The Bertz CT molecular complexity index is 86.5. The Labute approximate surface area is 79.5 Å². The highest BCUT2D eigenvalue weighted by atomic mass is 32.1. The molecule has 0 aliphatic rings. The molecule has 11 heavy (non-hydrogen) atoms. The van der Waals surface area contributed by atoms with E-state index in [0.29, 0.717) is 5.25 Å². The molecular formula is C7H16O2S2. The number of rotatable bonds is 6. The fourth-order valence-corrected chi connectivity index (χ4v) is 1.08. The minimum atomic E-state index is -0.0930. The first-order chi connectivity index (χ1) is 5.24. The number of thiol groups is 2. The molecule has 0 fully saturated rings. The van der Waals surface area contributed by atoms with Crippen molar-refractivity contribution in [3.63, 3.8) is 0 Å². The van der Waals surface area contributed by atoms with Gasteiger partial charge in [0.1, 0.15) is 0 Å². The molecule has 1 unspecified atom stereocenters. The van der Waals surface area contributed by atoms with Crippen molar-refractivity contribution < 1.29 is 9.47 Å². The first-order valence-electron chi connectivity index (χ1n) is 3.59. The highest BCUT2D eigenvalue weighted by molar-refractivity contribution is 7.84. The van der Waals surface area contributed by atoms with E-state index >= 15 is 0 Å². The Kier molecular flexibility index (Phi) is 7.69. The number of methoxy groups -OCH3 is 2. The topological polar surface area (TPSA) is 18.5 Å². The van der Waals surface area contributed by atoms with Crippen LogP contribution in [0.2, 0.25) is 0 Å². The van der Waals surface area contributed by atoms with Gasteiger partial charge in [0.05, 0.1) is 0 Å². The molecule has 0 aliphatic carbocycles. The van der Waals surface area contributed by atoms with Crippen LogP contribution in [0, 0.1) is 0 Å². The molecule has 4 heteroatoms. The van der Waals surface area contributed by atoms with E-state index in [1.807, 2.05) is 0 Å². The fourth-order valence-electron chi connectivity index (χ4n) is 0.752. The third kappa shape index (κ3) is 5.84. The Balaban J connectivity index is 3.34. The molecule has 2 nitrogen and oxygen atoms in total. The van der Waals surface area contributed by atoms with E-state index in [-0.39, 0.29) is 6.29 Å². The second-order valence-corrected chi connectivity index (χ2v) is 3.41. The van der Waals surface area contributed by atoms with Crippen LogP contribution in [-0.2, 0) is 9.47 Å². The minimum absolute atomic E-state index is 0.0930. The molecule has 0 heterocycles. The summed E-state index contributed by atoms with van der Waals surface area (Å²) < 4.78 is 10.0. The van der Waals surface area contributed by atoms with Gasteiger partial charge >= 0.3 is 0 Å². The molecule has 0 bridgehead atoms. The van der Waals surface area contributed by atoms with E-state index in [0.717, 1.165) is 18.6 Å². The normalized spacial score (nSPS) is 13.9. The highest BCUT2D eigenvalue weighted by Gasteiger charge is 2.07.